The van der Waals surface area contributed by atoms with E-state index < -0.39 is 0 Å². The molecule has 0 spiro atoms. The molecule has 0 aliphatic heterocycles. The normalized spacial score (nSPS) is 13.0. The molecule has 3 rings (SSSR count). The SMILES string of the molecule is CNC(Cc1c(Br)c(C)nn1C)c1csc2ccccc12. The van der Waals surface area contributed by atoms with Gasteiger partial charge in [0, 0.05) is 24.2 Å². The van der Waals surface area contributed by atoms with Crippen LogP contribution in [0.3, 0.4) is 0 Å². The first-order valence-electron chi connectivity index (χ1n) is 6.93. The van der Waals surface area contributed by atoms with E-state index in [4.69, 9.17) is 0 Å². The average Bonchev–Trinajstić information content (AvgIpc) is 3.00. The first kappa shape index (κ1) is 14.8. The molecule has 0 saturated heterocycles. The molecule has 21 heavy (non-hydrogen) atoms. The molecule has 1 atom stereocenters. The lowest BCUT2D eigenvalue weighted by Gasteiger charge is -2.16. The standard InChI is InChI=1S/C16H18BrN3S/c1-10-16(17)14(20(3)19-10)8-13(18-2)12-9-21-15-7-5-4-6-11(12)15/h4-7,9,13,18H,8H2,1-3H3. The van der Waals surface area contributed by atoms with Crippen molar-refractivity contribution in [3.63, 3.8) is 0 Å². The van der Waals surface area contributed by atoms with Crippen LogP contribution >= 0.6 is 27.3 Å². The Morgan fingerprint density at radius 2 is 2.14 bits per heavy atom. The van der Waals surface area contributed by atoms with E-state index in [0.717, 1.165) is 16.6 Å². The van der Waals surface area contributed by atoms with Crippen molar-refractivity contribution >= 4 is 37.4 Å². The Bertz CT molecular complexity index is 775. The van der Waals surface area contributed by atoms with E-state index in [1.807, 2.05) is 37.0 Å². The fraction of sp³-hybridized carbons (Fsp3) is 0.312. The van der Waals surface area contributed by atoms with Crippen LogP contribution in [0.4, 0.5) is 0 Å². The minimum absolute atomic E-state index is 0.284. The number of likely N-dealkylation sites (N-methyl/N-ethyl adjacent to an activating group) is 1. The van der Waals surface area contributed by atoms with Crippen molar-refractivity contribution in [3.05, 3.63) is 51.1 Å². The summed E-state index contributed by atoms with van der Waals surface area (Å²) < 4.78 is 4.43. The molecule has 1 unspecified atom stereocenters. The second kappa shape index (κ2) is 5.91. The number of halogens is 1. The van der Waals surface area contributed by atoms with Gasteiger partial charge in [-0.2, -0.15) is 5.10 Å². The molecular weight excluding hydrogens is 346 g/mol. The van der Waals surface area contributed by atoms with Gasteiger partial charge in [0.15, 0.2) is 0 Å². The van der Waals surface area contributed by atoms with Gasteiger partial charge < -0.3 is 5.32 Å². The quantitative estimate of drug-likeness (QED) is 0.752. The molecule has 0 radical (unpaired) electrons. The van der Waals surface area contributed by atoms with Crippen LogP contribution in [-0.2, 0) is 13.5 Å². The molecule has 2 aromatic heterocycles. The third-order valence-corrected chi connectivity index (χ3v) is 5.91. The Balaban J connectivity index is 1.99. The predicted molar refractivity (Wildman–Crippen MR) is 93.0 cm³/mol. The first-order valence-corrected chi connectivity index (χ1v) is 8.60. The van der Waals surface area contributed by atoms with Crippen LogP contribution in [0.1, 0.15) is 23.0 Å². The van der Waals surface area contributed by atoms with Gasteiger partial charge in [0.05, 0.1) is 15.9 Å². The molecule has 110 valence electrons. The Morgan fingerprint density at radius 1 is 1.38 bits per heavy atom. The molecule has 3 aromatic rings. The maximum absolute atomic E-state index is 4.49. The molecular formula is C16H18BrN3S. The summed E-state index contributed by atoms with van der Waals surface area (Å²) in [6.45, 7) is 2.03. The van der Waals surface area contributed by atoms with Gasteiger partial charge >= 0.3 is 0 Å². The highest BCUT2D eigenvalue weighted by molar-refractivity contribution is 9.10. The van der Waals surface area contributed by atoms with E-state index in [0.29, 0.717) is 0 Å². The molecule has 0 aliphatic carbocycles. The second-order valence-electron chi connectivity index (χ2n) is 5.20. The topological polar surface area (TPSA) is 29.9 Å². The lowest BCUT2D eigenvalue weighted by Crippen LogP contribution is -2.20. The smallest absolute Gasteiger partial charge is 0.0738 e. The summed E-state index contributed by atoms with van der Waals surface area (Å²) >= 11 is 5.47. The number of aryl methyl sites for hydroxylation is 2. The Kier molecular flexibility index (Phi) is 4.15. The number of nitrogens with zero attached hydrogens (tertiary/aromatic N) is 2. The van der Waals surface area contributed by atoms with E-state index in [9.17, 15) is 0 Å². The number of hydrogen-bond acceptors (Lipinski definition) is 3. The van der Waals surface area contributed by atoms with Crippen molar-refractivity contribution < 1.29 is 0 Å². The summed E-state index contributed by atoms with van der Waals surface area (Å²) in [7, 11) is 4.03. The summed E-state index contributed by atoms with van der Waals surface area (Å²) in [4.78, 5) is 0. The molecule has 1 N–H and O–H groups in total. The van der Waals surface area contributed by atoms with Crippen LogP contribution < -0.4 is 5.32 Å². The summed E-state index contributed by atoms with van der Waals surface area (Å²) in [6, 6.07) is 8.87. The summed E-state index contributed by atoms with van der Waals surface area (Å²) in [5, 5.41) is 11.6. The summed E-state index contributed by atoms with van der Waals surface area (Å²) in [6.07, 6.45) is 0.912. The highest BCUT2D eigenvalue weighted by Gasteiger charge is 2.19. The molecule has 1 aromatic carbocycles. The maximum atomic E-state index is 4.49. The molecule has 3 nitrogen and oxygen atoms in total. The van der Waals surface area contributed by atoms with Gasteiger partial charge in [-0.25, -0.2) is 0 Å². The van der Waals surface area contributed by atoms with Gasteiger partial charge in [0.25, 0.3) is 0 Å². The van der Waals surface area contributed by atoms with Gasteiger partial charge in [-0.05, 0) is 52.3 Å². The van der Waals surface area contributed by atoms with Crippen LogP contribution in [0.2, 0.25) is 0 Å². The van der Waals surface area contributed by atoms with Crippen molar-refractivity contribution in [2.45, 2.75) is 19.4 Å². The van der Waals surface area contributed by atoms with Gasteiger partial charge in [-0.1, -0.05) is 18.2 Å². The number of hydrogen-bond donors (Lipinski definition) is 1. The number of rotatable bonds is 4. The highest BCUT2D eigenvalue weighted by atomic mass is 79.9. The van der Waals surface area contributed by atoms with Crippen molar-refractivity contribution in [2.75, 3.05) is 7.05 Å². The van der Waals surface area contributed by atoms with Crippen LogP contribution in [-0.4, -0.2) is 16.8 Å². The number of fused-ring (bicyclic) bond motifs is 1. The van der Waals surface area contributed by atoms with Crippen LogP contribution in [0.25, 0.3) is 10.1 Å². The fourth-order valence-corrected chi connectivity index (χ4v) is 4.24. The minimum Gasteiger partial charge on any atom is -0.313 e. The Labute approximate surface area is 137 Å². The number of thiophene rings is 1. The third-order valence-electron chi connectivity index (χ3n) is 3.89. The van der Waals surface area contributed by atoms with E-state index in [2.05, 4.69) is 56.0 Å². The highest BCUT2D eigenvalue weighted by Crippen LogP contribution is 2.33. The van der Waals surface area contributed by atoms with E-state index >= 15 is 0 Å². The van der Waals surface area contributed by atoms with Crippen molar-refractivity contribution in [3.8, 4) is 0 Å². The van der Waals surface area contributed by atoms with Gasteiger partial charge in [0.1, 0.15) is 0 Å². The zero-order valence-electron chi connectivity index (χ0n) is 12.4. The minimum atomic E-state index is 0.284. The maximum Gasteiger partial charge on any atom is 0.0738 e. The van der Waals surface area contributed by atoms with Gasteiger partial charge in [0.2, 0.25) is 0 Å². The summed E-state index contributed by atoms with van der Waals surface area (Å²) in [5.74, 6) is 0. The molecule has 0 amide bonds. The molecule has 5 heteroatoms. The van der Waals surface area contributed by atoms with Crippen molar-refractivity contribution in [1.29, 1.82) is 0 Å². The fourth-order valence-electron chi connectivity index (χ4n) is 2.73. The zero-order valence-corrected chi connectivity index (χ0v) is 14.8. The molecule has 0 fully saturated rings. The van der Waals surface area contributed by atoms with Crippen molar-refractivity contribution in [1.82, 2.24) is 15.1 Å². The number of aromatic nitrogens is 2. The number of benzene rings is 1. The molecule has 0 bridgehead atoms. The molecule has 0 saturated carbocycles. The van der Waals surface area contributed by atoms with Gasteiger partial charge in [-0.15, -0.1) is 11.3 Å². The first-order chi connectivity index (χ1) is 10.1. The van der Waals surface area contributed by atoms with Crippen LogP contribution in [0, 0.1) is 6.92 Å². The lowest BCUT2D eigenvalue weighted by atomic mass is 10.0. The van der Waals surface area contributed by atoms with Crippen LogP contribution in [0.5, 0.6) is 0 Å². The Hall–Kier alpha value is -1.17. The Morgan fingerprint density at radius 3 is 2.81 bits per heavy atom. The van der Waals surface area contributed by atoms with E-state index in [1.54, 1.807) is 0 Å². The summed E-state index contributed by atoms with van der Waals surface area (Å²) in [5.41, 5.74) is 3.63. The van der Waals surface area contributed by atoms with Crippen LogP contribution in [0.15, 0.2) is 34.1 Å². The second-order valence-corrected chi connectivity index (χ2v) is 6.91. The lowest BCUT2D eigenvalue weighted by molar-refractivity contribution is 0.564. The third kappa shape index (κ3) is 2.65. The zero-order chi connectivity index (χ0) is 15.0. The van der Waals surface area contributed by atoms with Gasteiger partial charge in [-0.3, -0.25) is 4.68 Å². The largest absolute Gasteiger partial charge is 0.313 e. The van der Waals surface area contributed by atoms with E-state index in [-0.39, 0.29) is 6.04 Å². The van der Waals surface area contributed by atoms with Crippen molar-refractivity contribution in [2.24, 2.45) is 7.05 Å². The predicted octanol–water partition coefficient (Wildman–Crippen LogP) is 4.21. The monoisotopic (exact) mass is 363 g/mol. The average molecular weight is 364 g/mol. The molecule has 2 heterocycles. The van der Waals surface area contributed by atoms with E-state index in [1.165, 1.54) is 21.3 Å². The molecule has 0 aliphatic rings. The number of nitrogens with one attached hydrogen (secondary N) is 1.